The first-order chi connectivity index (χ1) is 14.4. The van der Waals surface area contributed by atoms with Crippen molar-refractivity contribution in [2.45, 2.75) is 19.9 Å². The molecular weight excluding hydrogens is 380 g/mol. The number of nitrogens with zero attached hydrogens (tertiary/aromatic N) is 4. The van der Waals surface area contributed by atoms with E-state index >= 15 is 0 Å². The van der Waals surface area contributed by atoms with Gasteiger partial charge in [0.25, 0.3) is 0 Å². The number of aliphatic hydroxyl groups excluding tert-OH is 1. The topological polar surface area (TPSA) is 74.8 Å². The molecule has 0 spiro atoms. The number of hydrogen-bond acceptors (Lipinski definition) is 5. The predicted octanol–water partition coefficient (Wildman–Crippen LogP) is 2.64. The minimum atomic E-state index is -0.255. The number of hydrogen-bond donors (Lipinski definition) is 1. The first-order valence-corrected chi connectivity index (χ1v) is 9.82. The summed E-state index contributed by atoms with van der Waals surface area (Å²) in [6.07, 6.45) is 1.65. The van der Waals surface area contributed by atoms with Crippen molar-refractivity contribution in [3.8, 4) is 0 Å². The maximum Gasteiger partial charge on any atom is 0.498 e. The Hall–Kier alpha value is -3.45. The fraction of sp³-hybridized carbons (Fsp3) is 0.261. The van der Waals surface area contributed by atoms with E-state index in [1.54, 1.807) is 34.5 Å². The number of hydrazone groups is 1. The molecule has 0 bridgehead atoms. The number of furan rings is 1. The second-order valence-electron chi connectivity index (χ2n) is 7.51. The van der Waals surface area contributed by atoms with Gasteiger partial charge in [0, 0.05) is 16.8 Å². The van der Waals surface area contributed by atoms with E-state index in [1.165, 1.54) is 0 Å². The molecule has 154 valence electrons. The fourth-order valence-electron chi connectivity index (χ4n) is 3.51. The van der Waals surface area contributed by atoms with Crippen LogP contribution in [0, 0.1) is 6.92 Å². The van der Waals surface area contributed by atoms with Crippen LogP contribution in [0.3, 0.4) is 0 Å². The molecule has 4 aromatic rings. The molecule has 1 N–H and O–H groups in total. The lowest BCUT2D eigenvalue weighted by molar-refractivity contribution is -0.691. The molecule has 0 aliphatic rings. The van der Waals surface area contributed by atoms with E-state index in [1.807, 2.05) is 62.4 Å². The lowest BCUT2D eigenvalue weighted by atomic mass is 10.1. The molecule has 0 saturated heterocycles. The maximum absolute atomic E-state index is 12.4. The van der Waals surface area contributed by atoms with Gasteiger partial charge in [-0.25, -0.2) is 0 Å². The molecule has 0 aliphatic heterocycles. The van der Waals surface area contributed by atoms with E-state index in [0.29, 0.717) is 5.69 Å². The number of benzene rings is 2. The average molecular weight is 405 g/mol. The maximum atomic E-state index is 12.4. The van der Waals surface area contributed by atoms with Crippen LogP contribution in [-0.4, -0.2) is 28.5 Å². The molecule has 1 unspecified atom stereocenters. The van der Waals surface area contributed by atoms with E-state index in [2.05, 4.69) is 5.10 Å². The molecule has 2 heterocycles. The van der Waals surface area contributed by atoms with Crippen molar-refractivity contribution in [2.75, 3.05) is 11.6 Å². The number of para-hydroxylation sites is 1. The van der Waals surface area contributed by atoms with Crippen molar-refractivity contribution >= 4 is 33.8 Å². The van der Waals surface area contributed by atoms with Gasteiger partial charge in [0.05, 0.1) is 38.6 Å². The Morgan fingerprint density at radius 1 is 1.20 bits per heavy atom. The van der Waals surface area contributed by atoms with E-state index in [9.17, 15) is 9.90 Å². The smallest absolute Gasteiger partial charge is 0.456 e. The molecule has 0 amide bonds. The van der Waals surface area contributed by atoms with Gasteiger partial charge in [0.2, 0.25) is 0 Å². The summed E-state index contributed by atoms with van der Waals surface area (Å²) in [7, 11) is 3.45. The second kappa shape index (κ2) is 7.76. The number of aliphatic hydroxyl groups is 1. The average Bonchev–Trinajstić information content (AvgIpc) is 3.13. The van der Waals surface area contributed by atoms with E-state index in [4.69, 9.17) is 4.42 Å². The second-order valence-corrected chi connectivity index (χ2v) is 7.51. The normalized spacial score (nSPS) is 12.8. The summed E-state index contributed by atoms with van der Waals surface area (Å²) in [5.74, 6) is 0. The van der Waals surface area contributed by atoms with Crippen LogP contribution >= 0.6 is 0 Å². The van der Waals surface area contributed by atoms with Crippen LogP contribution in [0.4, 0.5) is 5.69 Å². The minimum Gasteiger partial charge on any atom is -0.456 e. The largest absolute Gasteiger partial charge is 0.498 e. The van der Waals surface area contributed by atoms with Gasteiger partial charge in [0.15, 0.2) is 5.69 Å². The third kappa shape index (κ3) is 3.37. The summed E-state index contributed by atoms with van der Waals surface area (Å²) < 4.78 is 9.04. The van der Waals surface area contributed by atoms with Crippen molar-refractivity contribution in [1.29, 1.82) is 0 Å². The van der Waals surface area contributed by atoms with Gasteiger partial charge in [-0.3, -0.25) is 5.01 Å². The van der Waals surface area contributed by atoms with E-state index in [-0.39, 0.29) is 18.3 Å². The van der Waals surface area contributed by atoms with Gasteiger partial charge in [0.1, 0.15) is 16.9 Å². The highest BCUT2D eigenvalue weighted by molar-refractivity contribution is 6.06. The number of aryl methyl sites for hydroxylation is 1. The zero-order valence-corrected chi connectivity index (χ0v) is 17.5. The Morgan fingerprint density at radius 2 is 1.93 bits per heavy atom. The molecule has 7 heteroatoms. The fourth-order valence-corrected chi connectivity index (χ4v) is 3.51. The van der Waals surface area contributed by atoms with E-state index in [0.717, 1.165) is 33.3 Å². The lowest BCUT2D eigenvalue weighted by Crippen LogP contribution is -2.54. The van der Waals surface area contributed by atoms with Crippen LogP contribution in [0.15, 0.2) is 62.8 Å². The third-order valence-corrected chi connectivity index (χ3v) is 5.47. The summed E-state index contributed by atoms with van der Waals surface area (Å²) in [5.41, 5.74) is 3.86. The van der Waals surface area contributed by atoms with Gasteiger partial charge in [-0.15, -0.1) is 0 Å². The highest BCUT2D eigenvalue weighted by Gasteiger charge is 2.17. The molecular formula is C23H25N4O3+. The highest BCUT2D eigenvalue weighted by atomic mass is 16.3. The standard InChI is InChI=1S/C23H25N4O3/c1-15-11-18(26(4)23(29)25(15)3)13-24-27(16(2)14-28)17-9-10-22-20(12-17)19-7-5-6-8-21(19)30-22/h5-13,16,28H,14H2,1-4H3/q+1. The van der Waals surface area contributed by atoms with E-state index < -0.39 is 0 Å². The van der Waals surface area contributed by atoms with Crippen molar-refractivity contribution < 1.29 is 14.1 Å². The molecule has 0 radical (unpaired) electrons. The molecule has 4 rings (SSSR count). The van der Waals surface area contributed by atoms with Crippen LogP contribution in [0.1, 0.15) is 18.3 Å². The Labute approximate surface area is 174 Å². The quantitative estimate of drug-likeness (QED) is 0.315. The molecule has 2 aromatic carbocycles. The molecule has 1 atom stereocenters. The summed E-state index contributed by atoms with van der Waals surface area (Å²) in [4.78, 5) is 12.4. The predicted molar refractivity (Wildman–Crippen MR) is 118 cm³/mol. The van der Waals surface area contributed by atoms with Gasteiger partial charge >= 0.3 is 5.69 Å². The Morgan fingerprint density at radius 3 is 2.70 bits per heavy atom. The van der Waals surface area contributed by atoms with Crippen LogP contribution in [0.2, 0.25) is 0 Å². The van der Waals surface area contributed by atoms with Crippen LogP contribution in [-0.2, 0) is 14.1 Å². The number of anilines is 1. The SMILES string of the molecule is Cc1cc(C=NN(c2ccc3oc4ccccc4c3c2)C(C)CO)[n+](C)c(=O)n1C. The number of rotatable bonds is 5. The lowest BCUT2D eigenvalue weighted by Gasteiger charge is -2.24. The van der Waals surface area contributed by atoms with Crippen molar-refractivity contribution in [3.05, 3.63) is 70.4 Å². The van der Waals surface area contributed by atoms with Gasteiger partial charge < -0.3 is 9.52 Å². The highest BCUT2D eigenvalue weighted by Crippen LogP contribution is 2.32. The summed E-state index contributed by atoms with van der Waals surface area (Å²) in [6, 6.07) is 15.4. The minimum absolute atomic E-state index is 0.0663. The van der Waals surface area contributed by atoms with Gasteiger partial charge in [-0.1, -0.05) is 18.2 Å². The van der Waals surface area contributed by atoms with Crippen molar-refractivity contribution in [2.24, 2.45) is 19.2 Å². The Kier molecular flexibility index (Phi) is 5.13. The molecule has 7 nitrogen and oxygen atoms in total. The van der Waals surface area contributed by atoms with Crippen molar-refractivity contribution in [3.63, 3.8) is 0 Å². The summed E-state index contributed by atoms with van der Waals surface area (Å²) >= 11 is 0. The zero-order chi connectivity index (χ0) is 21.4. The van der Waals surface area contributed by atoms with Crippen molar-refractivity contribution in [1.82, 2.24) is 4.57 Å². The van der Waals surface area contributed by atoms with Crippen LogP contribution in [0.5, 0.6) is 0 Å². The molecule has 0 aliphatic carbocycles. The Bertz CT molecular complexity index is 1320. The summed E-state index contributed by atoms with van der Waals surface area (Å²) in [6.45, 7) is 3.71. The Balaban J connectivity index is 1.80. The molecule has 0 fully saturated rings. The number of aromatic nitrogens is 2. The summed E-state index contributed by atoms with van der Waals surface area (Å²) in [5, 5.41) is 18.2. The third-order valence-electron chi connectivity index (χ3n) is 5.47. The zero-order valence-electron chi connectivity index (χ0n) is 17.5. The first kappa shape index (κ1) is 19.8. The van der Waals surface area contributed by atoms with Crippen LogP contribution in [0.25, 0.3) is 21.9 Å². The molecule has 2 aromatic heterocycles. The monoisotopic (exact) mass is 405 g/mol. The van der Waals surface area contributed by atoms with Crippen LogP contribution < -0.4 is 15.3 Å². The van der Waals surface area contributed by atoms with Gasteiger partial charge in [-0.05, 0) is 38.1 Å². The molecule has 30 heavy (non-hydrogen) atoms. The molecule has 0 saturated carbocycles. The number of fused-ring (bicyclic) bond motifs is 3. The van der Waals surface area contributed by atoms with Gasteiger partial charge in [-0.2, -0.15) is 19.0 Å². The first-order valence-electron chi connectivity index (χ1n) is 9.82.